The summed E-state index contributed by atoms with van der Waals surface area (Å²) in [6, 6.07) is 12.7. The summed E-state index contributed by atoms with van der Waals surface area (Å²) in [5.41, 5.74) is 2.42. The van der Waals surface area contributed by atoms with E-state index >= 15 is 0 Å². The van der Waals surface area contributed by atoms with Crippen molar-refractivity contribution in [3.05, 3.63) is 69.2 Å². The number of carbonyl (C=O) groups excluding carboxylic acids is 1. The number of nitro benzene ring substituents is 1. The molecule has 0 aliphatic carbocycles. The van der Waals surface area contributed by atoms with Crippen LogP contribution in [0, 0.1) is 10.1 Å². The number of nitrogens with one attached hydrogen (secondary N) is 1. The van der Waals surface area contributed by atoms with E-state index in [2.05, 4.69) is 10.5 Å². The number of amides is 1. The Hall–Kier alpha value is -2.93. The largest absolute Gasteiger partial charge is 0.484 e. The molecular formula is C15H12ClN3O4. The highest BCUT2D eigenvalue weighted by atomic mass is 35.5. The van der Waals surface area contributed by atoms with Crippen molar-refractivity contribution in [3.8, 4) is 5.75 Å². The van der Waals surface area contributed by atoms with E-state index in [1.807, 2.05) is 0 Å². The second kappa shape index (κ2) is 7.90. The van der Waals surface area contributed by atoms with Crippen molar-refractivity contribution in [1.82, 2.24) is 5.43 Å². The lowest BCUT2D eigenvalue weighted by Gasteiger charge is -2.04. The molecule has 0 heterocycles. The molecule has 0 bridgehead atoms. The zero-order valence-corrected chi connectivity index (χ0v) is 12.6. The van der Waals surface area contributed by atoms with Crippen LogP contribution < -0.4 is 10.2 Å². The molecule has 0 fully saturated rings. The topological polar surface area (TPSA) is 93.8 Å². The molecule has 0 aliphatic heterocycles. The van der Waals surface area contributed by atoms with Crippen LogP contribution in [0.25, 0.3) is 0 Å². The van der Waals surface area contributed by atoms with Gasteiger partial charge in [-0.2, -0.15) is 5.10 Å². The summed E-state index contributed by atoms with van der Waals surface area (Å²) in [5.74, 6) is -0.0462. The first-order valence-electron chi connectivity index (χ1n) is 6.50. The van der Waals surface area contributed by atoms with Crippen molar-refractivity contribution in [2.24, 2.45) is 5.10 Å². The van der Waals surface area contributed by atoms with Gasteiger partial charge >= 0.3 is 0 Å². The summed E-state index contributed by atoms with van der Waals surface area (Å²) in [7, 11) is 0. The summed E-state index contributed by atoms with van der Waals surface area (Å²) < 4.78 is 5.23. The third-order valence-corrected chi connectivity index (χ3v) is 2.93. The van der Waals surface area contributed by atoms with E-state index in [9.17, 15) is 14.9 Å². The maximum Gasteiger partial charge on any atom is 0.278 e. The van der Waals surface area contributed by atoms with Gasteiger partial charge in [0.05, 0.1) is 16.7 Å². The lowest BCUT2D eigenvalue weighted by Crippen LogP contribution is -2.24. The Labute approximate surface area is 136 Å². The van der Waals surface area contributed by atoms with Crippen LogP contribution in [0.3, 0.4) is 0 Å². The normalized spacial score (nSPS) is 10.5. The van der Waals surface area contributed by atoms with E-state index in [1.54, 1.807) is 36.4 Å². The van der Waals surface area contributed by atoms with E-state index in [0.29, 0.717) is 10.8 Å². The highest BCUT2D eigenvalue weighted by Crippen LogP contribution is 2.17. The Balaban J connectivity index is 1.88. The number of nitro groups is 1. The third-order valence-electron chi connectivity index (χ3n) is 2.69. The van der Waals surface area contributed by atoms with Gasteiger partial charge in [-0.25, -0.2) is 5.43 Å². The number of hydrogen-bond acceptors (Lipinski definition) is 5. The minimum Gasteiger partial charge on any atom is -0.484 e. The molecule has 118 valence electrons. The zero-order chi connectivity index (χ0) is 16.7. The van der Waals surface area contributed by atoms with Crippen LogP contribution in [0.15, 0.2) is 53.6 Å². The van der Waals surface area contributed by atoms with Gasteiger partial charge in [0.15, 0.2) is 6.61 Å². The Bertz CT molecular complexity index is 749. The second-order valence-electron chi connectivity index (χ2n) is 4.36. The molecular weight excluding hydrogens is 322 g/mol. The molecule has 0 radical (unpaired) electrons. The van der Waals surface area contributed by atoms with E-state index in [-0.39, 0.29) is 17.9 Å². The number of halogens is 1. The lowest BCUT2D eigenvalue weighted by atomic mass is 10.2. The molecule has 0 atom stereocenters. The van der Waals surface area contributed by atoms with Crippen LogP contribution in [0.2, 0.25) is 5.02 Å². The fourth-order valence-corrected chi connectivity index (χ4v) is 1.85. The molecule has 8 heteroatoms. The molecule has 0 unspecified atom stereocenters. The highest BCUT2D eigenvalue weighted by molar-refractivity contribution is 6.30. The smallest absolute Gasteiger partial charge is 0.278 e. The van der Waals surface area contributed by atoms with Crippen LogP contribution >= 0.6 is 11.6 Å². The second-order valence-corrected chi connectivity index (χ2v) is 4.79. The van der Waals surface area contributed by atoms with E-state index in [4.69, 9.17) is 16.3 Å². The molecule has 2 aromatic rings. The van der Waals surface area contributed by atoms with Gasteiger partial charge in [0, 0.05) is 11.1 Å². The first-order chi connectivity index (χ1) is 11.1. The summed E-state index contributed by atoms with van der Waals surface area (Å²) in [4.78, 5) is 21.9. The molecule has 0 aliphatic rings. The van der Waals surface area contributed by atoms with Gasteiger partial charge in [0.2, 0.25) is 0 Å². The van der Waals surface area contributed by atoms with Crippen LogP contribution in [-0.2, 0) is 4.79 Å². The van der Waals surface area contributed by atoms with Gasteiger partial charge in [-0.3, -0.25) is 14.9 Å². The minimum absolute atomic E-state index is 0.0966. The SMILES string of the molecule is O=C(COc1cccc(Cl)c1)NN=Cc1ccccc1[N+](=O)[O-]. The maximum absolute atomic E-state index is 11.6. The summed E-state index contributed by atoms with van der Waals surface area (Å²) in [6.07, 6.45) is 1.20. The molecule has 0 saturated carbocycles. The first-order valence-corrected chi connectivity index (χ1v) is 6.88. The van der Waals surface area contributed by atoms with Crippen molar-refractivity contribution in [1.29, 1.82) is 0 Å². The molecule has 0 saturated heterocycles. The quantitative estimate of drug-likeness (QED) is 0.499. The molecule has 7 nitrogen and oxygen atoms in total. The number of benzene rings is 2. The van der Waals surface area contributed by atoms with Crippen molar-refractivity contribution >= 4 is 29.4 Å². The van der Waals surface area contributed by atoms with E-state index in [0.717, 1.165) is 0 Å². The summed E-state index contributed by atoms with van der Waals surface area (Å²) >= 11 is 5.79. The van der Waals surface area contributed by atoms with Gasteiger partial charge in [0.1, 0.15) is 5.75 Å². The van der Waals surface area contributed by atoms with Crippen LogP contribution in [0.5, 0.6) is 5.75 Å². The number of rotatable bonds is 6. The Morgan fingerprint density at radius 1 is 1.30 bits per heavy atom. The average Bonchev–Trinajstić information content (AvgIpc) is 2.53. The summed E-state index contributed by atoms with van der Waals surface area (Å²) in [5, 5.41) is 15.0. The number of para-hydroxylation sites is 1. The van der Waals surface area contributed by atoms with Gasteiger partial charge in [0.25, 0.3) is 11.6 Å². The molecule has 2 aromatic carbocycles. The fraction of sp³-hybridized carbons (Fsp3) is 0.0667. The third kappa shape index (κ3) is 5.08. The maximum atomic E-state index is 11.6. The number of hydrazone groups is 1. The molecule has 2 rings (SSSR count). The van der Waals surface area contributed by atoms with Crippen molar-refractivity contribution in [3.63, 3.8) is 0 Å². The van der Waals surface area contributed by atoms with Gasteiger partial charge in [-0.1, -0.05) is 29.8 Å². The predicted octanol–water partition coefficient (Wildman–Crippen LogP) is 2.78. The number of nitrogens with zero attached hydrogens (tertiary/aromatic N) is 2. The number of carbonyl (C=O) groups is 1. The Morgan fingerprint density at radius 3 is 2.83 bits per heavy atom. The molecule has 23 heavy (non-hydrogen) atoms. The summed E-state index contributed by atoms with van der Waals surface area (Å²) in [6.45, 7) is -0.255. The van der Waals surface area contributed by atoms with Crippen molar-refractivity contribution in [2.45, 2.75) is 0 Å². The first kappa shape index (κ1) is 16.4. The lowest BCUT2D eigenvalue weighted by molar-refractivity contribution is -0.385. The molecule has 0 aromatic heterocycles. The van der Waals surface area contributed by atoms with E-state index in [1.165, 1.54) is 18.3 Å². The standard InChI is InChI=1S/C15H12ClN3O4/c16-12-5-3-6-13(8-12)23-10-15(20)18-17-9-11-4-1-2-7-14(11)19(21)22/h1-9H,10H2,(H,18,20). The monoisotopic (exact) mass is 333 g/mol. The number of hydrogen-bond donors (Lipinski definition) is 1. The predicted molar refractivity (Wildman–Crippen MR) is 85.8 cm³/mol. The van der Waals surface area contributed by atoms with Gasteiger partial charge in [-0.15, -0.1) is 0 Å². The van der Waals surface area contributed by atoms with Crippen molar-refractivity contribution < 1.29 is 14.5 Å². The van der Waals surface area contributed by atoms with E-state index < -0.39 is 10.8 Å². The fourth-order valence-electron chi connectivity index (χ4n) is 1.67. The Kier molecular flexibility index (Phi) is 5.65. The molecule has 0 spiro atoms. The average molecular weight is 334 g/mol. The van der Waals surface area contributed by atoms with Gasteiger partial charge < -0.3 is 4.74 Å². The van der Waals surface area contributed by atoms with Crippen LogP contribution in [0.4, 0.5) is 5.69 Å². The zero-order valence-electron chi connectivity index (χ0n) is 11.8. The molecule has 1 amide bonds. The van der Waals surface area contributed by atoms with Crippen LogP contribution in [0.1, 0.15) is 5.56 Å². The molecule has 1 N–H and O–H groups in total. The van der Waals surface area contributed by atoms with Crippen LogP contribution in [-0.4, -0.2) is 23.7 Å². The highest BCUT2D eigenvalue weighted by Gasteiger charge is 2.10. The minimum atomic E-state index is -0.522. The van der Waals surface area contributed by atoms with Crippen molar-refractivity contribution in [2.75, 3.05) is 6.61 Å². The Morgan fingerprint density at radius 2 is 2.09 bits per heavy atom. The number of ether oxygens (including phenoxy) is 1. The van der Waals surface area contributed by atoms with Gasteiger partial charge in [-0.05, 0) is 24.3 Å².